The zero-order valence-electron chi connectivity index (χ0n) is 11.7. The van der Waals surface area contributed by atoms with E-state index in [4.69, 9.17) is 11.6 Å². The van der Waals surface area contributed by atoms with Crippen LogP contribution < -0.4 is 5.32 Å². The third kappa shape index (κ3) is 3.38. The zero-order valence-corrected chi connectivity index (χ0v) is 12.5. The minimum atomic E-state index is -0.0878. The van der Waals surface area contributed by atoms with Gasteiger partial charge in [0, 0.05) is 23.5 Å². The summed E-state index contributed by atoms with van der Waals surface area (Å²) in [5.74, 6) is 0.505. The van der Waals surface area contributed by atoms with Crippen LogP contribution in [0.25, 0.3) is 0 Å². The van der Waals surface area contributed by atoms with Crippen LogP contribution in [0.1, 0.15) is 18.0 Å². The molecule has 0 aliphatic rings. The van der Waals surface area contributed by atoms with Crippen molar-refractivity contribution < 1.29 is 4.79 Å². The first-order chi connectivity index (χ1) is 10.7. The van der Waals surface area contributed by atoms with Gasteiger partial charge in [0.05, 0.1) is 18.7 Å². The minimum Gasteiger partial charge on any atom is -0.346 e. The molecule has 2 heterocycles. The predicted molar refractivity (Wildman–Crippen MR) is 85.9 cm³/mol. The first-order valence-corrected chi connectivity index (χ1v) is 7.27. The average Bonchev–Trinajstić information content (AvgIpc) is 3.19. The van der Waals surface area contributed by atoms with Gasteiger partial charge in [0.25, 0.3) is 0 Å². The largest absolute Gasteiger partial charge is 0.346 e. The van der Waals surface area contributed by atoms with E-state index >= 15 is 0 Å². The minimum absolute atomic E-state index is 0.0853. The number of aromatic amines is 1. The summed E-state index contributed by atoms with van der Waals surface area (Å²) in [7, 11) is 0. The number of carbonyl (C=O) groups excluding carboxylic acids is 1. The molecule has 6 heteroatoms. The molecule has 0 aliphatic carbocycles. The molecule has 1 atom stereocenters. The average molecular weight is 315 g/mol. The summed E-state index contributed by atoms with van der Waals surface area (Å²) < 4.78 is 2.01. The van der Waals surface area contributed by atoms with Gasteiger partial charge in [-0.25, -0.2) is 0 Å². The lowest BCUT2D eigenvalue weighted by molar-refractivity contribution is -0.116. The molecule has 0 radical (unpaired) electrons. The van der Waals surface area contributed by atoms with Crippen molar-refractivity contribution in [3.05, 3.63) is 71.6 Å². The molecule has 2 aromatic heterocycles. The van der Waals surface area contributed by atoms with Crippen molar-refractivity contribution in [2.45, 2.75) is 12.5 Å². The zero-order chi connectivity index (χ0) is 15.4. The third-order valence-corrected chi connectivity index (χ3v) is 3.65. The molecule has 0 saturated heterocycles. The first-order valence-electron chi connectivity index (χ1n) is 6.89. The van der Waals surface area contributed by atoms with Crippen LogP contribution in [0.15, 0.2) is 61.1 Å². The normalized spacial score (nSPS) is 12.0. The van der Waals surface area contributed by atoms with E-state index in [2.05, 4.69) is 15.5 Å². The highest BCUT2D eigenvalue weighted by Crippen LogP contribution is 2.24. The Morgan fingerprint density at radius 2 is 1.95 bits per heavy atom. The maximum Gasteiger partial charge on any atom is 0.227 e. The highest BCUT2D eigenvalue weighted by molar-refractivity contribution is 6.30. The Labute approximate surface area is 132 Å². The van der Waals surface area contributed by atoms with Gasteiger partial charge in [-0.15, -0.1) is 0 Å². The van der Waals surface area contributed by atoms with Gasteiger partial charge in [0.1, 0.15) is 5.82 Å². The molecule has 0 bridgehead atoms. The molecule has 0 unspecified atom stereocenters. The molecule has 5 nitrogen and oxygen atoms in total. The van der Waals surface area contributed by atoms with Crippen molar-refractivity contribution in [3.63, 3.8) is 0 Å². The van der Waals surface area contributed by atoms with Crippen LogP contribution >= 0.6 is 11.6 Å². The summed E-state index contributed by atoms with van der Waals surface area (Å²) in [5, 5.41) is 10.0. The highest BCUT2D eigenvalue weighted by atomic mass is 35.5. The van der Waals surface area contributed by atoms with E-state index in [1.165, 1.54) is 0 Å². The standard InChI is InChI=1S/C16H15ClN4O/c17-13-5-3-12(4-6-13)14(21-9-1-2-10-21)11-16(22)19-15-7-8-18-20-15/h1-10,14H,11H2,(H2,18,19,20,22)/t14-/m1/s1. The van der Waals surface area contributed by atoms with Gasteiger partial charge in [-0.1, -0.05) is 23.7 Å². The third-order valence-electron chi connectivity index (χ3n) is 3.40. The number of carbonyl (C=O) groups is 1. The quantitative estimate of drug-likeness (QED) is 0.757. The molecule has 3 rings (SSSR count). The van der Waals surface area contributed by atoms with Gasteiger partial charge in [-0.2, -0.15) is 5.10 Å². The number of hydrogen-bond donors (Lipinski definition) is 2. The molecular formula is C16H15ClN4O. The predicted octanol–water partition coefficient (Wildman–Crippen LogP) is 3.48. The molecule has 0 aliphatic heterocycles. The molecule has 0 fully saturated rings. The van der Waals surface area contributed by atoms with Crippen LogP contribution in [0.2, 0.25) is 5.02 Å². The monoisotopic (exact) mass is 314 g/mol. The van der Waals surface area contributed by atoms with Crippen molar-refractivity contribution in [1.29, 1.82) is 0 Å². The molecule has 1 aromatic carbocycles. The van der Waals surface area contributed by atoms with E-state index in [9.17, 15) is 4.79 Å². The second-order valence-corrected chi connectivity index (χ2v) is 5.36. The van der Waals surface area contributed by atoms with Crippen molar-refractivity contribution in [3.8, 4) is 0 Å². The highest BCUT2D eigenvalue weighted by Gasteiger charge is 2.17. The summed E-state index contributed by atoms with van der Waals surface area (Å²) in [5.41, 5.74) is 1.03. The number of anilines is 1. The van der Waals surface area contributed by atoms with Crippen molar-refractivity contribution in [2.75, 3.05) is 5.32 Å². The molecule has 0 saturated carbocycles. The topological polar surface area (TPSA) is 62.7 Å². The van der Waals surface area contributed by atoms with E-state index in [-0.39, 0.29) is 11.9 Å². The SMILES string of the molecule is O=C(C[C@H](c1ccc(Cl)cc1)n1cccc1)Nc1ccn[nH]1. The second kappa shape index (κ2) is 6.49. The van der Waals surface area contributed by atoms with Crippen molar-refractivity contribution in [2.24, 2.45) is 0 Å². The van der Waals surface area contributed by atoms with Crippen LogP contribution in [0, 0.1) is 0 Å². The van der Waals surface area contributed by atoms with Gasteiger partial charge < -0.3 is 9.88 Å². The van der Waals surface area contributed by atoms with Crippen LogP contribution in [-0.4, -0.2) is 20.7 Å². The van der Waals surface area contributed by atoms with Gasteiger partial charge in [-0.05, 0) is 29.8 Å². The number of hydrogen-bond acceptors (Lipinski definition) is 2. The van der Waals surface area contributed by atoms with E-state index in [0.717, 1.165) is 5.56 Å². The van der Waals surface area contributed by atoms with E-state index in [1.807, 2.05) is 53.4 Å². The molecule has 112 valence electrons. The summed E-state index contributed by atoms with van der Waals surface area (Å²) in [6, 6.07) is 13.1. The number of nitrogens with one attached hydrogen (secondary N) is 2. The molecule has 22 heavy (non-hydrogen) atoms. The molecule has 3 aromatic rings. The maximum absolute atomic E-state index is 12.3. The number of rotatable bonds is 5. The smallest absolute Gasteiger partial charge is 0.227 e. The Hall–Kier alpha value is -2.53. The first kappa shape index (κ1) is 14.4. The summed E-state index contributed by atoms with van der Waals surface area (Å²) in [6.45, 7) is 0. The fourth-order valence-corrected chi connectivity index (χ4v) is 2.46. The van der Waals surface area contributed by atoms with E-state index in [1.54, 1.807) is 12.3 Å². The van der Waals surface area contributed by atoms with Gasteiger partial charge in [-0.3, -0.25) is 9.89 Å². The van der Waals surface area contributed by atoms with Crippen molar-refractivity contribution in [1.82, 2.24) is 14.8 Å². The Balaban J connectivity index is 1.80. The summed E-state index contributed by atoms with van der Waals surface area (Å²) in [4.78, 5) is 12.3. The molecule has 1 amide bonds. The molecule has 0 spiro atoms. The number of benzene rings is 1. The van der Waals surface area contributed by atoms with Crippen LogP contribution in [0.4, 0.5) is 5.82 Å². The lowest BCUT2D eigenvalue weighted by Crippen LogP contribution is -2.19. The maximum atomic E-state index is 12.3. The lowest BCUT2D eigenvalue weighted by atomic mass is 10.0. The van der Waals surface area contributed by atoms with Gasteiger partial charge in [0.15, 0.2) is 0 Å². The lowest BCUT2D eigenvalue weighted by Gasteiger charge is -2.19. The molecular weight excluding hydrogens is 300 g/mol. The number of nitrogens with zero attached hydrogens (tertiary/aromatic N) is 2. The van der Waals surface area contributed by atoms with Gasteiger partial charge in [0.2, 0.25) is 5.91 Å². The number of aromatic nitrogens is 3. The Morgan fingerprint density at radius 3 is 2.59 bits per heavy atom. The fraction of sp³-hybridized carbons (Fsp3) is 0.125. The van der Waals surface area contributed by atoms with Crippen LogP contribution in [0.3, 0.4) is 0 Å². The summed E-state index contributed by atoms with van der Waals surface area (Å²) >= 11 is 5.94. The Bertz CT molecular complexity index is 720. The second-order valence-electron chi connectivity index (χ2n) is 4.92. The number of H-pyrrole nitrogens is 1. The van der Waals surface area contributed by atoms with Crippen LogP contribution in [-0.2, 0) is 4.79 Å². The van der Waals surface area contributed by atoms with Crippen molar-refractivity contribution >= 4 is 23.3 Å². The van der Waals surface area contributed by atoms with E-state index < -0.39 is 0 Å². The summed E-state index contributed by atoms with van der Waals surface area (Å²) in [6.07, 6.45) is 5.80. The number of amides is 1. The Morgan fingerprint density at radius 1 is 1.23 bits per heavy atom. The fourth-order valence-electron chi connectivity index (χ4n) is 2.34. The Kier molecular flexibility index (Phi) is 4.25. The van der Waals surface area contributed by atoms with Gasteiger partial charge >= 0.3 is 0 Å². The van der Waals surface area contributed by atoms with E-state index in [0.29, 0.717) is 17.3 Å². The number of halogens is 1. The molecule has 2 N–H and O–H groups in total. The van der Waals surface area contributed by atoms with Crippen LogP contribution in [0.5, 0.6) is 0 Å².